The fourth-order valence-electron chi connectivity index (χ4n) is 1.16. The third-order valence-electron chi connectivity index (χ3n) is 1.76. The Morgan fingerprint density at radius 1 is 1.13 bits per heavy atom. The van der Waals surface area contributed by atoms with Crippen molar-refractivity contribution in [1.82, 2.24) is 4.98 Å². The number of aryl methyl sites for hydroxylation is 1. The molecule has 0 bridgehead atoms. The minimum atomic E-state index is 0.573. The molecule has 3 heteroatoms. The molecule has 2 aromatic rings. The van der Waals surface area contributed by atoms with Gasteiger partial charge in [-0.15, -0.1) is 11.3 Å². The van der Waals surface area contributed by atoms with E-state index in [4.69, 9.17) is 5.73 Å². The van der Waals surface area contributed by atoms with E-state index in [1.54, 1.807) is 17.4 Å². The lowest BCUT2D eigenvalue weighted by atomic mass is 10.3. The molecule has 0 saturated heterocycles. The van der Waals surface area contributed by atoms with E-state index in [9.17, 15) is 0 Å². The first-order valence-corrected chi connectivity index (χ1v) is 5.87. The van der Waals surface area contributed by atoms with Crippen molar-refractivity contribution in [2.75, 3.05) is 5.73 Å². The van der Waals surface area contributed by atoms with E-state index in [1.165, 1.54) is 9.75 Å². The molecule has 0 atom stereocenters. The Labute approximate surface area is 94.8 Å². The van der Waals surface area contributed by atoms with Gasteiger partial charge in [0.25, 0.3) is 0 Å². The number of nitrogen functional groups attached to an aromatic ring is 1. The second-order valence-electron chi connectivity index (χ2n) is 2.86. The predicted molar refractivity (Wildman–Crippen MR) is 68.0 cm³/mol. The summed E-state index contributed by atoms with van der Waals surface area (Å²) in [7, 11) is 0. The quantitative estimate of drug-likeness (QED) is 0.795. The number of rotatable bonds is 1. The number of aromatic nitrogens is 1. The van der Waals surface area contributed by atoms with Gasteiger partial charge in [0.15, 0.2) is 0 Å². The fraction of sp³-hybridized carbons (Fsp3) is 0.250. The van der Waals surface area contributed by atoms with Gasteiger partial charge in [0, 0.05) is 4.88 Å². The molecule has 0 saturated carbocycles. The van der Waals surface area contributed by atoms with Crippen molar-refractivity contribution in [3.8, 4) is 10.6 Å². The fourth-order valence-corrected chi connectivity index (χ4v) is 2.00. The van der Waals surface area contributed by atoms with E-state index in [1.807, 2.05) is 26.0 Å². The molecule has 2 aromatic heterocycles. The van der Waals surface area contributed by atoms with Crippen molar-refractivity contribution in [3.63, 3.8) is 0 Å². The third-order valence-corrected chi connectivity index (χ3v) is 2.79. The van der Waals surface area contributed by atoms with Gasteiger partial charge in [-0.05, 0) is 31.2 Å². The first-order chi connectivity index (χ1) is 7.25. The summed E-state index contributed by atoms with van der Waals surface area (Å²) < 4.78 is 0. The van der Waals surface area contributed by atoms with Crippen molar-refractivity contribution in [2.24, 2.45) is 0 Å². The van der Waals surface area contributed by atoms with Crippen LogP contribution in [0.4, 0.5) is 5.82 Å². The summed E-state index contributed by atoms with van der Waals surface area (Å²) in [6.45, 7) is 6.08. The monoisotopic (exact) mass is 220 g/mol. The minimum Gasteiger partial charge on any atom is -0.384 e. The highest BCUT2D eigenvalue weighted by atomic mass is 32.1. The molecule has 15 heavy (non-hydrogen) atoms. The van der Waals surface area contributed by atoms with Gasteiger partial charge < -0.3 is 5.73 Å². The average molecular weight is 220 g/mol. The molecule has 0 spiro atoms. The van der Waals surface area contributed by atoms with Gasteiger partial charge in [0.1, 0.15) is 5.82 Å². The Morgan fingerprint density at radius 3 is 2.40 bits per heavy atom. The van der Waals surface area contributed by atoms with Crippen LogP contribution in [0.1, 0.15) is 18.7 Å². The van der Waals surface area contributed by atoms with Crippen LogP contribution in [0.3, 0.4) is 0 Å². The van der Waals surface area contributed by atoms with Crippen molar-refractivity contribution in [2.45, 2.75) is 20.8 Å². The number of pyridine rings is 1. The summed E-state index contributed by atoms with van der Waals surface area (Å²) in [6, 6.07) is 9.85. The summed E-state index contributed by atoms with van der Waals surface area (Å²) in [4.78, 5) is 6.71. The molecule has 0 aromatic carbocycles. The number of nitrogens with zero attached hydrogens (tertiary/aromatic N) is 1. The summed E-state index contributed by atoms with van der Waals surface area (Å²) >= 11 is 1.73. The molecular formula is C12H16N2S. The Hall–Kier alpha value is -1.35. The molecule has 0 aliphatic carbocycles. The summed E-state index contributed by atoms with van der Waals surface area (Å²) in [5.41, 5.74) is 6.55. The van der Waals surface area contributed by atoms with Gasteiger partial charge in [-0.25, -0.2) is 4.98 Å². The van der Waals surface area contributed by atoms with E-state index in [0.29, 0.717) is 5.82 Å². The van der Waals surface area contributed by atoms with Gasteiger partial charge in [0.05, 0.1) is 10.6 Å². The molecule has 0 aliphatic heterocycles. The third kappa shape index (κ3) is 3.06. The van der Waals surface area contributed by atoms with Crippen LogP contribution in [0.2, 0.25) is 0 Å². The summed E-state index contributed by atoms with van der Waals surface area (Å²) in [5, 5.41) is 0. The summed E-state index contributed by atoms with van der Waals surface area (Å²) in [5.74, 6) is 0.573. The molecule has 0 radical (unpaired) electrons. The molecule has 2 heterocycles. The van der Waals surface area contributed by atoms with Crippen molar-refractivity contribution < 1.29 is 0 Å². The number of nitrogens with two attached hydrogens (primary N) is 1. The van der Waals surface area contributed by atoms with Crippen LogP contribution in [0.25, 0.3) is 10.6 Å². The molecule has 80 valence electrons. The Bertz CT molecular complexity index is 421. The normalized spacial score (nSPS) is 9.27. The zero-order chi connectivity index (χ0) is 11.3. The number of anilines is 1. The van der Waals surface area contributed by atoms with Crippen LogP contribution in [0.5, 0.6) is 0 Å². The molecule has 2 nitrogen and oxygen atoms in total. The van der Waals surface area contributed by atoms with E-state index in [-0.39, 0.29) is 0 Å². The zero-order valence-corrected chi connectivity index (χ0v) is 10.1. The lowest BCUT2D eigenvalue weighted by Gasteiger charge is -1.96. The average Bonchev–Trinajstić information content (AvgIpc) is 2.68. The summed E-state index contributed by atoms with van der Waals surface area (Å²) in [6.07, 6.45) is 0. The van der Waals surface area contributed by atoms with Crippen molar-refractivity contribution in [1.29, 1.82) is 0 Å². The van der Waals surface area contributed by atoms with Crippen LogP contribution in [-0.4, -0.2) is 4.98 Å². The number of hydrogen-bond acceptors (Lipinski definition) is 3. The van der Waals surface area contributed by atoms with Crippen LogP contribution in [-0.2, 0) is 0 Å². The van der Waals surface area contributed by atoms with Gasteiger partial charge in [-0.3, -0.25) is 0 Å². The lowest BCUT2D eigenvalue weighted by Crippen LogP contribution is -1.89. The van der Waals surface area contributed by atoms with Crippen LogP contribution < -0.4 is 5.73 Å². The molecular weight excluding hydrogens is 204 g/mol. The first-order valence-electron chi connectivity index (χ1n) is 5.05. The van der Waals surface area contributed by atoms with Crippen molar-refractivity contribution >= 4 is 17.2 Å². The highest BCUT2D eigenvalue weighted by Gasteiger charge is 2.01. The maximum atomic E-state index is 5.60. The molecule has 2 N–H and O–H groups in total. The number of hydrogen-bond donors (Lipinski definition) is 1. The van der Waals surface area contributed by atoms with Gasteiger partial charge >= 0.3 is 0 Å². The van der Waals surface area contributed by atoms with E-state index in [2.05, 4.69) is 24.0 Å². The second-order valence-corrected chi connectivity index (χ2v) is 4.15. The van der Waals surface area contributed by atoms with Gasteiger partial charge in [-0.2, -0.15) is 0 Å². The van der Waals surface area contributed by atoms with Crippen LogP contribution in [0.15, 0.2) is 30.3 Å². The largest absolute Gasteiger partial charge is 0.384 e. The predicted octanol–water partition coefficient (Wildman–Crippen LogP) is 3.73. The Balaban J connectivity index is 0.000000531. The van der Waals surface area contributed by atoms with E-state index >= 15 is 0 Å². The number of thiophene rings is 1. The zero-order valence-electron chi connectivity index (χ0n) is 9.32. The van der Waals surface area contributed by atoms with Crippen LogP contribution in [0, 0.1) is 6.92 Å². The lowest BCUT2D eigenvalue weighted by molar-refractivity contribution is 1.35. The first kappa shape index (κ1) is 11.7. The van der Waals surface area contributed by atoms with Crippen molar-refractivity contribution in [3.05, 3.63) is 35.2 Å². The standard InChI is InChI=1S/C10H10N2S.C2H6/c1-7-5-6-9(13-7)8-3-2-4-10(11)12-8;1-2/h2-6H,1H3,(H2,11,12);1-2H3. The molecule has 2 rings (SSSR count). The molecule has 0 unspecified atom stereocenters. The SMILES string of the molecule is CC.Cc1ccc(-c2cccc(N)n2)s1. The van der Waals surface area contributed by atoms with E-state index in [0.717, 1.165) is 5.69 Å². The van der Waals surface area contributed by atoms with Gasteiger partial charge in [0.2, 0.25) is 0 Å². The Kier molecular flexibility index (Phi) is 4.31. The van der Waals surface area contributed by atoms with E-state index < -0.39 is 0 Å². The van der Waals surface area contributed by atoms with Crippen LogP contribution >= 0.6 is 11.3 Å². The second kappa shape index (κ2) is 5.51. The van der Waals surface area contributed by atoms with Gasteiger partial charge in [-0.1, -0.05) is 19.9 Å². The molecule has 0 amide bonds. The maximum Gasteiger partial charge on any atom is 0.124 e. The highest BCUT2D eigenvalue weighted by Crippen LogP contribution is 2.26. The Morgan fingerprint density at radius 2 is 1.87 bits per heavy atom. The highest BCUT2D eigenvalue weighted by molar-refractivity contribution is 7.15. The molecule has 0 fully saturated rings. The maximum absolute atomic E-state index is 5.60. The molecule has 0 aliphatic rings. The smallest absolute Gasteiger partial charge is 0.124 e. The topological polar surface area (TPSA) is 38.9 Å². The minimum absolute atomic E-state index is 0.573.